The van der Waals surface area contributed by atoms with Gasteiger partial charge in [0.25, 0.3) is 0 Å². The number of benzene rings is 1. The molecule has 0 bridgehead atoms. The zero-order valence-corrected chi connectivity index (χ0v) is 10.6. The van der Waals surface area contributed by atoms with Gasteiger partial charge in [0.05, 0.1) is 5.69 Å². The molecule has 0 aliphatic carbocycles. The van der Waals surface area contributed by atoms with E-state index in [1.54, 1.807) is 30.5 Å². The molecule has 0 saturated carbocycles. The summed E-state index contributed by atoms with van der Waals surface area (Å²) < 4.78 is 38.0. The molecule has 0 radical (unpaired) electrons. The zero-order valence-electron chi connectivity index (χ0n) is 10.6. The summed E-state index contributed by atoms with van der Waals surface area (Å²) >= 11 is 0. The Labute approximate surface area is 117 Å². The van der Waals surface area contributed by atoms with Crippen LogP contribution in [-0.2, 0) is 6.18 Å². The first-order valence-corrected chi connectivity index (χ1v) is 6.04. The summed E-state index contributed by atoms with van der Waals surface area (Å²) in [5.41, 5.74) is 1.11. The molecule has 0 aliphatic rings. The molecule has 0 spiro atoms. The summed E-state index contributed by atoms with van der Waals surface area (Å²) in [7, 11) is 0. The Morgan fingerprint density at radius 3 is 2.48 bits per heavy atom. The Balaban J connectivity index is 2.03. The summed E-state index contributed by atoms with van der Waals surface area (Å²) in [4.78, 5) is 7.48. The largest absolute Gasteiger partial charge is 0.433 e. The number of nitrogens with one attached hydrogen (secondary N) is 1. The molecule has 3 rings (SSSR count). The lowest BCUT2D eigenvalue weighted by Gasteiger charge is -2.07. The van der Waals surface area contributed by atoms with E-state index in [9.17, 15) is 13.2 Å². The Hall–Kier alpha value is -2.70. The molecule has 21 heavy (non-hydrogen) atoms. The van der Waals surface area contributed by atoms with Crippen molar-refractivity contribution in [3.63, 3.8) is 0 Å². The van der Waals surface area contributed by atoms with Gasteiger partial charge in [0.1, 0.15) is 5.69 Å². The summed E-state index contributed by atoms with van der Waals surface area (Å²) in [5, 5.41) is 6.64. The van der Waals surface area contributed by atoms with Crippen molar-refractivity contribution in [1.82, 2.24) is 20.2 Å². The third kappa shape index (κ3) is 2.76. The number of halogens is 3. The van der Waals surface area contributed by atoms with E-state index in [0.717, 1.165) is 23.5 Å². The second-order valence-corrected chi connectivity index (χ2v) is 4.31. The highest BCUT2D eigenvalue weighted by Gasteiger charge is 2.32. The van der Waals surface area contributed by atoms with Crippen molar-refractivity contribution >= 4 is 0 Å². The highest BCUT2D eigenvalue weighted by Crippen LogP contribution is 2.29. The normalized spacial score (nSPS) is 11.6. The van der Waals surface area contributed by atoms with Gasteiger partial charge in [-0.25, -0.2) is 9.97 Å². The Morgan fingerprint density at radius 1 is 0.952 bits per heavy atom. The van der Waals surface area contributed by atoms with Gasteiger partial charge in [-0.2, -0.15) is 18.3 Å². The van der Waals surface area contributed by atoms with Crippen LogP contribution in [-0.4, -0.2) is 20.2 Å². The lowest BCUT2D eigenvalue weighted by molar-refractivity contribution is -0.141. The minimum atomic E-state index is -4.49. The number of rotatable bonds is 2. The molecule has 0 unspecified atom stereocenters. The van der Waals surface area contributed by atoms with Crippen LogP contribution in [0.15, 0.2) is 48.8 Å². The maximum Gasteiger partial charge on any atom is 0.433 e. The first-order chi connectivity index (χ1) is 10.0. The van der Waals surface area contributed by atoms with E-state index in [4.69, 9.17) is 0 Å². The first kappa shape index (κ1) is 13.3. The molecule has 106 valence electrons. The molecule has 2 heterocycles. The van der Waals surface area contributed by atoms with Crippen molar-refractivity contribution < 1.29 is 13.2 Å². The SMILES string of the molecule is FC(F)(F)c1ccnc(-c2cccc(-c3ccn[nH]3)c2)n1. The summed E-state index contributed by atoms with van der Waals surface area (Å²) in [6.07, 6.45) is -1.78. The number of aromatic amines is 1. The Morgan fingerprint density at radius 2 is 1.76 bits per heavy atom. The van der Waals surface area contributed by atoms with E-state index in [0.29, 0.717) is 5.56 Å². The highest BCUT2D eigenvalue weighted by molar-refractivity contribution is 5.67. The van der Waals surface area contributed by atoms with Crippen LogP contribution in [0.3, 0.4) is 0 Å². The van der Waals surface area contributed by atoms with Crippen molar-refractivity contribution in [2.24, 2.45) is 0 Å². The molecule has 1 N–H and O–H groups in total. The molecule has 2 aromatic heterocycles. The summed E-state index contributed by atoms with van der Waals surface area (Å²) in [5.74, 6) is 0.0335. The van der Waals surface area contributed by atoms with Crippen LogP contribution in [0, 0.1) is 0 Å². The Bertz CT molecular complexity index is 751. The molecule has 0 saturated heterocycles. The second kappa shape index (κ2) is 5.01. The molecule has 0 fully saturated rings. The lowest BCUT2D eigenvalue weighted by atomic mass is 10.1. The zero-order chi connectivity index (χ0) is 14.9. The fraction of sp³-hybridized carbons (Fsp3) is 0.0714. The van der Waals surface area contributed by atoms with Crippen LogP contribution in [0.25, 0.3) is 22.6 Å². The molecule has 0 amide bonds. The van der Waals surface area contributed by atoms with Gasteiger partial charge < -0.3 is 0 Å². The van der Waals surface area contributed by atoms with Gasteiger partial charge in [-0.3, -0.25) is 5.10 Å². The van der Waals surface area contributed by atoms with Crippen LogP contribution in [0.4, 0.5) is 13.2 Å². The second-order valence-electron chi connectivity index (χ2n) is 4.31. The van der Waals surface area contributed by atoms with Crippen LogP contribution in [0.2, 0.25) is 0 Å². The van der Waals surface area contributed by atoms with Gasteiger partial charge >= 0.3 is 6.18 Å². The maximum atomic E-state index is 12.7. The average molecular weight is 290 g/mol. The number of alkyl halides is 3. The predicted octanol–water partition coefficient (Wildman–Crippen LogP) is 3.55. The maximum absolute atomic E-state index is 12.7. The molecule has 7 heteroatoms. The van der Waals surface area contributed by atoms with Crippen LogP contribution >= 0.6 is 0 Å². The van der Waals surface area contributed by atoms with Gasteiger partial charge in [0.15, 0.2) is 5.82 Å². The summed E-state index contributed by atoms with van der Waals surface area (Å²) in [6.45, 7) is 0. The van der Waals surface area contributed by atoms with Gasteiger partial charge in [-0.05, 0) is 18.2 Å². The standard InChI is InChI=1S/C14H9F3N4/c15-14(16,17)12-5-6-18-13(20-12)10-3-1-2-9(8-10)11-4-7-19-21-11/h1-8H,(H,19,21). The van der Waals surface area contributed by atoms with Gasteiger partial charge in [-0.15, -0.1) is 0 Å². The topological polar surface area (TPSA) is 54.5 Å². The number of H-pyrrole nitrogens is 1. The van der Waals surface area contributed by atoms with Crippen molar-refractivity contribution in [3.8, 4) is 22.6 Å². The highest BCUT2D eigenvalue weighted by atomic mass is 19.4. The monoisotopic (exact) mass is 290 g/mol. The van der Waals surface area contributed by atoms with E-state index in [-0.39, 0.29) is 5.82 Å². The molecular formula is C14H9F3N4. The van der Waals surface area contributed by atoms with Gasteiger partial charge in [0, 0.05) is 23.5 Å². The predicted molar refractivity (Wildman–Crippen MR) is 70.1 cm³/mol. The lowest BCUT2D eigenvalue weighted by Crippen LogP contribution is -2.08. The third-order valence-corrected chi connectivity index (χ3v) is 2.88. The van der Waals surface area contributed by atoms with E-state index in [1.807, 2.05) is 6.07 Å². The van der Waals surface area contributed by atoms with E-state index in [1.165, 1.54) is 0 Å². The fourth-order valence-electron chi connectivity index (χ4n) is 1.90. The number of aromatic nitrogens is 4. The van der Waals surface area contributed by atoms with Crippen molar-refractivity contribution in [2.75, 3.05) is 0 Å². The van der Waals surface area contributed by atoms with E-state index < -0.39 is 11.9 Å². The molecule has 4 nitrogen and oxygen atoms in total. The van der Waals surface area contributed by atoms with E-state index >= 15 is 0 Å². The van der Waals surface area contributed by atoms with Crippen molar-refractivity contribution in [2.45, 2.75) is 6.18 Å². The van der Waals surface area contributed by atoms with Crippen molar-refractivity contribution in [1.29, 1.82) is 0 Å². The van der Waals surface area contributed by atoms with E-state index in [2.05, 4.69) is 20.2 Å². The Kier molecular flexibility index (Phi) is 3.17. The van der Waals surface area contributed by atoms with Crippen molar-refractivity contribution in [3.05, 3.63) is 54.5 Å². The smallest absolute Gasteiger partial charge is 0.278 e. The van der Waals surface area contributed by atoms with Gasteiger partial charge in [-0.1, -0.05) is 18.2 Å². The third-order valence-electron chi connectivity index (χ3n) is 2.88. The fourth-order valence-corrected chi connectivity index (χ4v) is 1.90. The quantitative estimate of drug-likeness (QED) is 0.785. The molecule has 1 aromatic carbocycles. The van der Waals surface area contributed by atoms with Crippen LogP contribution in [0.1, 0.15) is 5.69 Å². The first-order valence-electron chi connectivity index (χ1n) is 6.04. The van der Waals surface area contributed by atoms with Gasteiger partial charge in [0.2, 0.25) is 0 Å². The number of nitrogens with zero attached hydrogens (tertiary/aromatic N) is 3. The van der Waals surface area contributed by atoms with Crippen LogP contribution in [0.5, 0.6) is 0 Å². The average Bonchev–Trinajstić information content (AvgIpc) is 3.01. The molecule has 0 aliphatic heterocycles. The number of hydrogen-bond acceptors (Lipinski definition) is 3. The molecule has 0 atom stereocenters. The molecule has 3 aromatic rings. The molecular weight excluding hydrogens is 281 g/mol. The summed E-state index contributed by atoms with van der Waals surface area (Å²) in [6, 6.07) is 9.55. The van der Waals surface area contributed by atoms with Crippen LogP contribution < -0.4 is 0 Å². The minimum Gasteiger partial charge on any atom is -0.278 e. The minimum absolute atomic E-state index is 0.0335. The number of hydrogen-bond donors (Lipinski definition) is 1.